The first kappa shape index (κ1) is 39.7. The summed E-state index contributed by atoms with van der Waals surface area (Å²) in [5.74, 6) is 0.286. The van der Waals surface area contributed by atoms with Gasteiger partial charge >= 0.3 is 0 Å². The average Bonchev–Trinajstić information content (AvgIpc) is 3.48. The Morgan fingerprint density at radius 2 is 1.24 bits per heavy atom. The van der Waals surface area contributed by atoms with E-state index in [0.717, 1.165) is 48.0 Å². The number of aliphatic hydroxyl groups excluding tert-OH is 1. The van der Waals surface area contributed by atoms with Crippen molar-refractivity contribution in [3.8, 4) is 16.9 Å². The van der Waals surface area contributed by atoms with Crippen molar-refractivity contribution in [3.63, 3.8) is 0 Å². The molecule has 0 fully saturated rings. The van der Waals surface area contributed by atoms with Gasteiger partial charge in [0.1, 0.15) is 5.76 Å². The third-order valence-electron chi connectivity index (χ3n) is 11.0. The molecule has 0 spiro atoms. The van der Waals surface area contributed by atoms with E-state index < -0.39 is 0 Å². The normalized spacial score (nSPS) is 12.5. The smallest absolute Gasteiger partial charge is 0.164 e. The van der Waals surface area contributed by atoms with E-state index in [4.69, 9.17) is 4.98 Å². The number of allylic oxidation sites excluding steroid dienone is 2. The van der Waals surface area contributed by atoms with Gasteiger partial charge in [0, 0.05) is 65.4 Å². The van der Waals surface area contributed by atoms with E-state index in [1.807, 2.05) is 47.7 Å². The van der Waals surface area contributed by atoms with Crippen molar-refractivity contribution in [2.45, 2.75) is 93.4 Å². The quantitative estimate of drug-likeness (QED) is 0.0895. The van der Waals surface area contributed by atoms with Crippen molar-refractivity contribution in [1.82, 2.24) is 9.55 Å². The minimum Gasteiger partial charge on any atom is -0.512 e. The summed E-state index contributed by atoms with van der Waals surface area (Å²) in [4.78, 5) is 16.9. The van der Waals surface area contributed by atoms with Crippen LogP contribution in [0.3, 0.4) is 0 Å². The molecule has 6 rings (SSSR count). The van der Waals surface area contributed by atoms with E-state index in [0.29, 0.717) is 0 Å². The molecular weight excluding hydrogens is 805 g/mol. The number of para-hydroxylation sites is 2. The van der Waals surface area contributed by atoms with E-state index in [-0.39, 0.29) is 47.9 Å². The van der Waals surface area contributed by atoms with E-state index in [1.165, 1.54) is 38.8 Å². The Hall–Kier alpha value is -4.05. The first-order chi connectivity index (χ1) is 23.8. The molecule has 0 amide bonds. The molecule has 1 radical (unpaired) electrons. The number of carbonyl (C=O) groups excluding carboxylic acids is 1. The van der Waals surface area contributed by atoms with Gasteiger partial charge in [-0.25, -0.2) is 0 Å². The molecule has 0 bridgehead atoms. The maximum Gasteiger partial charge on any atom is 0.164 e. The van der Waals surface area contributed by atoms with Gasteiger partial charge in [-0.2, -0.15) is 0 Å². The van der Waals surface area contributed by atoms with Gasteiger partial charge in [0.2, 0.25) is 0 Å². The second-order valence-corrected chi connectivity index (χ2v) is 15.1. The van der Waals surface area contributed by atoms with Crippen LogP contribution in [0.5, 0.6) is 0 Å². The molecule has 51 heavy (non-hydrogen) atoms. The molecule has 4 nitrogen and oxygen atoms in total. The maximum atomic E-state index is 12.2. The molecule has 2 heterocycles. The molecule has 0 aliphatic rings. The fourth-order valence-corrected chi connectivity index (χ4v) is 6.58. The SMILES string of the molecule is CC(C)(C)c1cc(-c2cc(-n3c4ccccc4c4ccccc43)ccn2)[c-]c2ccccc12.CCC(C)(CC)C(=O)/C=C(\O)C(C)(CC)CC.[Ir]. The van der Waals surface area contributed by atoms with Crippen molar-refractivity contribution < 1.29 is 30.0 Å². The molecule has 0 saturated carbocycles. The third kappa shape index (κ3) is 8.06. The zero-order chi connectivity index (χ0) is 36.3. The first-order valence-corrected chi connectivity index (χ1v) is 18.2. The molecule has 4 aromatic carbocycles. The number of ketones is 1. The van der Waals surface area contributed by atoms with Crippen LogP contribution in [0.1, 0.15) is 93.6 Å². The molecule has 0 atom stereocenters. The minimum atomic E-state index is -0.337. The van der Waals surface area contributed by atoms with E-state index in [9.17, 15) is 9.90 Å². The summed E-state index contributed by atoms with van der Waals surface area (Å²) >= 11 is 0. The predicted molar refractivity (Wildman–Crippen MR) is 212 cm³/mol. The number of aromatic nitrogens is 2. The number of fused-ring (bicyclic) bond motifs is 4. The molecule has 0 unspecified atom stereocenters. The number of hydrogen-bond donors (Lipinski definition) is 1. The van der Waals surface area contributed by atoms with E-state index in [1.54, 1.807) is 0 Å². The zero-order valence-corrected chi connectivity index (χ0v) is 34.1. The summed E-state index contributed by atoms with van der Waals surface area (Å²) < 4.78 is 2.33. The Kier molecular flexibility index (Phi) is 12.5. The summed E-state index contributed by atoms with van der Waals surface area (Å²) in [6.07, 6.45) is 6.66. The first-order valence-electron chi connectivity index (χ1n) is 18.2. The molecule has 2 aromatic heterocycles. The van der Waals surface area contributed by atoms with Crippen LogP contribution < -0.4 is 0 Å². The molecule has 0 aliphatic carbocycles. The Labute approximate surface area is 318 Å². The fraction of sp³-hybridized carbons (Fsp3) is 0.348. The number of benzene rings is 4. The van der Waals surface area contributed by atoms with Gasteiger partial charge in [0.25, 0.3) is 0 Å². The van der Waals surface area contributed by atoms with Crippen molar-refractivity contribution in [3.05, 3.63) is 121 Å². The molecular formula is C46H53IrN2O2-. The summed E-state index contributed by atoms with van der Waals surface area (Å²) in [5.41, 5.74) is 6.21. The summed E-state index contributed by atoms with van der Waals surface area (Å²) in [7, 11) is 0. The fourth-order valence-electron chi connectivity index (χ4n) is 6.58. The van der Waals surface area contributed by atoms with E-state index in [2.05, 4.69) is 122 Å². The number of carbonyl (C=O) groups is 1. The van der Waals surface area contributed by atoms with Crippen molar-refractivity contribution in [2.24, 2.45) is 10.8 Å². The van der Waals surface area contributed by atoms with Gasteiger partial charge in [-0.1, -0.05) is 128 Å². The van der Waals surface area contributed by atoms with Gasteiger partial charge in [-0.15, -0.1) is 29.1 Å². The van der Waals surface area contributed by atoms with Gasteiger partial charge in [0.05, 0.1) is 11.0 Å². The van der Waals surface area contributed by atoms with E-state index >= 15 is 0 Å². The Morgan fingerprint density at radius 1 is 0.725 bits per heavy atom. The van der Waals surface area contributed by atoms with Crippen LogP contribution in [-0.4, -0.2) is 20.4 Å². The summed E-state index contributed by atoms with van der Waals surface area (Å²) in [6.45, 7) is 18.9. The second kappa shape index (κ2) is 16.1. The average molecular weight is 858 g/mol. The molecule has 0 saturated heterocycles. The molecule has 5 heteroatoms. The van der Waals surface area contributed by atoms with Crippen LogP contribution in [0, 0.1) is 16.9 Å². The molecule has 6 aromatic rings. The van der Waals surface area contributed by atoms with Gasteiger partial charge in [-0.3, -0.25) is 9.78 Å². The van der Waals surface area contributed by atoms with Crippen molar-refractivity contribution >= 4 is 38.4 Å². The van der Waals surface area contributed by atoms with Crippen LogP contribution in [0.15, 0.2) is 109 Å². The minimum absolute atomic E-state index is 0. The van der Waals surface area contributed by atoms with Crippen molar-refractivity contribution in [2.75, 3.05) is 0 Å². The van der Waals surface area contributed by atoms with Gasteiger partial charge in [0.15, 0.2) is 5.78 Å². The van der Waals surface area contributed by atoms with Crippen LogP contribution >= 0.6 is 0 Å². The monoisotopic (exact) mass is 858 g/mol. The number of aliphatic hydroxyl groups is 1. The topological polar surface area (TPSA) is 55.1 Å². The standard InChI is InChI=1S/C31H25N2.C15H28O2.Ir/c1-31(2,3)27-19-22(18-21-10-4-5-11-24(21)27)28-20-23(16-17-32-28)33-29-14-8-6-12-25(29)26-13-7-9-15-30(26)33;1-7-14(5,8-2)12(16)11-13(17)15(6,9-3)10-4;/h4-17,19-20H,1-3H3;11,16H,7-10H2,1-6H3;/q-1;;/b;12-11-;. The summed E-state index contributed by atoms with van der Waals surface area (Å²) in [6, 6.07) is 35.9. The second-order valence-electron chi connectivity index (χ2n) is 15.1. The molecule has 269 valence electrons. The maximum absolute atomic E-state index is 12.2. The predicted octanol–water partition coefficient (Wildman–Crippen LogP) is 12.7. The summed E-state index contributed by atoms with van der Waals surface area (Å²) in [5, 5.41) is 15.0. The zero-order valence-electron chi connectivity index (χ0n) is 31.7. The van der Waals surface area contributed by atoms with Crippen LogP contribution in [-0.2, 0) is 30.3 Å². The number of rotatable bonds is 9. The van der Waals surface area contributed by atoms with Crippen LogP contribution in [0.4, 0.5) is 0 Å². The number of nitrogens with zero attached hydrogens (tertiary/aromatic N) is 2. The number of pyridine rings is 1. The van der Waals surface area contributed by atoms with Crippen LogP contribution in [0.2, 0.25) is 0 Å². The molecule has 0 aliphatic heterocycles. The van der Waals surface area contributed by atoms with Crippen molar-refractivity contribution in [1.29, 1.82) is 0 Å². The van der Waals surface area contributed by atoms with Gasteiger partial charge < -0.3 is 9.67 Å². The largest absolute Gasteiger partial charge is 0.512 e. The third-order valence-corrected chi connectivity index (χ3v) is 11.0. The Balaban J connectivity index is 0.000000279. The molecule has 1 N–H and O–H groups in total. The Morgan fingerprint density at radius 3 is 1.76 bits per heavy atom. The van der Waals surface area contributed by atoms with Gasteiger partial charge in [-0.05, 0) is 55.4 Å². The Bertz CT molecular complexity index is 2110. The van der Waals surface area contributed by atoms with Crippen LogP contribution in [0.25, 0.3) is 49.5 Å². The number of hydrogen-bond acceptors (Lipinski definition) is 3.